The quantitative estimate of drug-likeness (QED) is 0.104. The van der Waals surface area contributed by atoms with Crippen LogP contribution in [0.2, 0.25) is 0 Å². The minimum atomic E-state index is -4.78. The lowest BCUT2D eigenvalue weighted by molar-refractivity contribution is -0.385. The van der Waals surface area contributed by atoms with Crippen LogP contribution in [0.1, 0.15) is 43.5 Å². The first-order valence-corrected chi connectivity index (χ1v) is 16.4. The number of allylic oxidation sites excluding steroid dienone is 1. The molecule has 4 aromatic rings. The van der Waals surface area contributed by atoms with Crippen LogP contribution in [0.25, 0.3) is 6.08 Å². The van der Waals surface area contributed by atoms with Gasteiger partial charge in [-0.25, -0.2) is 14.6 Å². The molecule has 52 heavy (non-hydrogen) atoms. The molecule has 0 spiro atoms. The van der Waals surface area contributed by atoms with E-state index in [1.807, 2.05) is 0 Å². The van der Waals surface area contributed by atoms with Crippen LogP contribution in [0, 0.1) is 10.1 Å². The molecular formula is C35H30F3N3O10S. The standard InChI is InChI=1S/C35H30F3N3O10S/c1-5-48-27-16-21(9-13-26(27)50-18-29(42)47-4)31-30(33(44)49-6-2)19(3)39-34-40(31)32(43)28(52-34)15-20-7-11-23(12-8-20)51-25-14-10-22(35(36,37)38)17-24(25)41(45)46/h7-17,31H,5-6,18H2,1-4H3/b28-15-/t31-/m1/s1. The van der Waals surface area contributed by atoms with Crippen LogP contribution in [0.4, 0.5) is 18.9 Å². The Balaban J connectivity index is 1.53. The Morgan fingerprint density at radius 1 is 1.00 bits per heavy atom. The van der Waals surface area contributed by atoms with E-state index in [1.165, 1.54) is 23.8 Å². The summed E-state index contributed by atoms with van der Waals surface area (Å²) < 4.78 is 67.8. The Hall–Kier alpha value is -5.97. The number of nitro groups is 1. The second-order valence-electron chi connectivity index (χ2n) is 10.9. The number of alkyl halides is 3. The van der Waals surface area contributed by atoms with Crippen molar-refractivity contribution < 1.29 is 51.4 Å². The largest absolute Gasteiger partial charge is 0.490 e. The number of carbonyl (C=O) groups is 2. The molecule has 1 aromatic heterocycles. The van der Waals surface area contributed by atoms with Crippen molar-refractivity contribution in [3.05, 3.63) is 118 Å². The zero-order valence-electron chi connectivity index (χ0n) is 28.0. The van der Waals surface area contributed by atoms with Crippen molar-refractivity contribution >= 4 is 35.0 Å². The summed E-state index contributed by atoms with van der Waals surface area (Å²) in [5.74, 6) is -1.07. The molecule has 1 aliphatic rings. The SMILES string of the molecule is CCOC(=O)C1=C(C)N=c2s/c(=C\c3ccc(Oc4ccc(C(F)(F)F)cc4[N+](=O)[O-])cc3)c(=O)n2[C@@H]1c1ccc(OCC(=O)OC)c(OCC)c1. The lowest BCUT2D eigenvalue weighted by atomic mass is 9.95. The molecule has 0 aliphatic carbocycles. The van der Waals surface area contributed by atoms with Gasteiger partial charge in [0, 0.05) is 6.07 Å². The molecule has 3 aromatic carbocycles. The highest BCUT2D eigenvalue weighted by molar-refractivity contribution is 7.07. The molecule has 2 heterocycles. The summed E-state index contributed by atoms with van der Waals surface area (Å²) in [6.45, 7) is 4.98. The maximum Gasteiger partial charge on any atom is 0.416 e. The number of esters is 2. The Morgan fingerprint density at radius 2 is 1.71 bits per heavy atom. The molecule has 0 radical (unpaired) electrons. The maximum absolute atomic E-state index is 14.1. The number of thiazole rings is 1. The van der Waals surface area contributed by atoms with Crippen LogP contribution < -0.4 is 29.1 Å². The van der Waals surface area contributed by atoms with Gasteiger partial charge in [-0.3, -0.25) is 19.5 Å². The van der Waals surface area contributed by atoms with Gasteiger partial charge in [-0.15, -0.1) is 0 Å². The van der Waals surface area contributed by atoms with Crippen molar-refractivity contribution in [2.24, 2.45) is 4.99 Å². The van der Waals surface area contributed by atoms with Gasteiger partial charge in [-0.2, -0.15) is 13.2 Å². The smallest absolute Gasteiger partial charge is 0.416 e. The van der Waals surface area contributed by atoms with Gasteiger partial charge in [-0.1, -0.05) is 29.5 Å². The molecule has 1 aliphatic heterocycles. The van der Waals surface area contributed by atoms with E-state index in [0.717, 1.165) is 17.4 Å². The molecule has 0 unspecified atom stereocenters. The summed E-state index contributed by atoms with van der Waals surface area (Å²) in [6.07, 6.45) is -3.20. The second kappa shape index (κ2) is 15.5. The van der Waals surface area contributed by atoms with Gasteiger partial charge in [0.25, 0.3) is 5.56 Å². The highest BCUT2D eigenvalue weighted by atomic mass is 32.1. The van der Waals surface area contributed by atoms with Gasteiger partial charge in [-0.05, 0) is 74.4 Å². The summed E-state index contributed by atoms with van der Waals surface area (Å²) >= 11 is 1.07. The number of halogens is 3. The Morgan fingerprint density at radius 3 is 2.35 bits per heavy atom. The first-order chi connectivity index (χ1) is 24.7. The van der Waals surface area contributed by atoms with Gasteiger partial charge in [0.05, 0.1) is 52.7 Å². The van der Waals surface area contributed by atoms with Crippen LogP contribution in [0.3, 0.4) is 0 Å². The summed E-state index contributed by atoms with van der Waals surface area (Å²) in [5, 5.41) is 11.5. The van der Waals surface area contributed by atoms with E-state index in [2.05, 4.69) is 9.73 Å². The van der Waals surface area contributed by atoms with E-state index in [0.29, 0.717) is 33.8 Å². The average molecular weight is 742 g/mol. The number of nitrogens with zero attached hydrogens (tertiary/aromatic N) is 3. The molecule has 0 N–H and O–H groups in total. The second-order valence-corrected chi connectivity index (χ2v) is 11.9. The monoisotopic (exact) mass is 741 g/mol. The fraction of sp³-hybridized carbons (Fsp3) is 0.257. The molecule has 0 fully saturated rings. The number of hydrogen-bond acceptors (Lipinski definition) is 12. The number of aromatic nitrogens is 1. The molecule has 0 bridgehead atoms. The van der Waals surface area contributed by atoms with Crippen molar-refractivity contribution in [2.75, 3.05) is 26.9 Å². The Labute approximate surface area is 296 Å². The van der Waals surface area contributed by atoms with Gasteiger partial charge >= 0.3 is 23.8 Å². The fourth-order valence-electron chi connectivity index (χ4n) is 5.22. The summed E-state index contributed by atoms with van der Waals surface area (Å²) in [4.78, 5) is 54.4. The molecule has 272 valence electrons. The number of fused-ring (bicyclic) bond motifs is 1. The van der Waals surface area contributed by atoms with Crippen molar-refractivity contribution in [1.82, 2.24) is 4.57 Å². The lowest BCUT2D eigenvalue weighted by Crippen LogP contribution is -2.40. The van der Waals surface area contributed by atoms with Crippen molar-refractivity contribution in [1.29, 1.82) is 0 Å². The van der Waals surface area contributed by atoms with E-state index in [9.17, 15) is 37.7 Å². The van der Waals surface area contributed by atoms with Crippen molar-refractivity contribution in [2.45, 2.75) is 33.0 Å². The van der Waals surface area contributed by atoms with Crippen LogP contribution >= 0.6 is 11.3 Å². The number of hydrogen-bond donors (Lipinski definition) is 0. The molecule has 0 saturated heterocycles. The topological polar surface area (TPSA) is 158 Å². The number of nitro benzene ring substituents is 1. The number of benzene rings is 3. The first kappa shape index (κ1) is 37.3. The van der Waals surface area contributed by atoms with Crippen LogP contribution in [0.5, 0.6) is 23.0 Å². The predicted octanol–water partition coefficient (Wildman–Crippen LogP) is 5.47. The van der Waals surface area contributed by atoms with E-state index >= 15 is 0 Å². The van der Waals surface area contributed by atoms with Crippen LogP contribution in [-0.2, 0) is 25.2 Å². The number of rotatable bonds is 12. The van der Waals surface area contributed by atoms with E-state index in [1.54, 1.807) is 57.2 Å². The first-order valence-electron chi connectivity index (χ1n) is 15.5. The number of methoxy groups -OCH3 is 1. The van der Waals surface area contributed by atoms with E-state index in [4.69, 9.17) is 18.9 Å². The third kappa shape index (κ3) is 7.99. The minimum Gasteiger partial charge on any atom is -0.490 e. The fourth-order valence-corrected chi connectivity index (χ4v) is 6.26. The normalized spacial score (nSPS) is 14.3. The summed E-state index contributed by atoms with van der Waals surface area (Å²) in [5.41, 5.74) is -1.08. The van der Waals surface area contributed by atoms with E-state index in [-0.39, 0.29) is 52.9 Å². The van der Waals surface area contributed by atoms with Crippen LogP contribution in [-0.4, -0.2) is 48.4 Å². The summed E-state index contributed by atoms with van der Waals surface area (Å²) in [7, 11) is 1.23. The zero-order valence-corrected chi connectivity index (χ0v) is 28.8. The minimum absolute atomic E-state index is 0.0726. The molecule has 5 rings (SSSR count). The molecular weight excluding hydrogens is 711 g/mol. The van der Waals surface area contributed by atoms with Crippen LogP contribution in [0.15, 0.2) is 81.7 Å². The van der Waals surface area contributed by atoms with Gasteiger partial charge in [0.1, 0.15) is 5.75 Å². The average Bonchev–Trinajstić information content (AvgIpc) is 3.40. The predicted molar refractivity (Wildman–Crippen MR) is 180 cm³/mol. The lowest BCUT2D eigenvalue weighted by Gasteiger charge is -2.25. The molecule has 1 atom stereocenters. The Bertz CT molecular complexity index is 2250. The third-order valence-corrected chi connectivity index (χ3v) is 8.55. The van der Waals surface area contributed by atoms with E-state index < -0.39 is 45.9 Å². The molecule has 0 amide bonds. The van der Waals surface area contributed by atoms with Gasteiger partial charge in [0.2, 0.25) is 5.75 Å². The Kier molecular flexibility index (Phi) is 11.1. The van der Waals surface area contributed by atoms with Crippen molar-refractivity contribution in [3.63, 3.8) is 0 Å². The molecule has 13 nitrogen and oxygen atoms in total. The number of ether oxygens (including phenoxy) is 5. The third-order valence-electron chi connectivity index (χ3n) is 7.56. The highest BCUT2D eigenvalue weighted by Gasteiger charge is 2.35. The highest BCUT2D eigenvalue weighted by Crippen LogP contribution is 2.39. The summed E-state index contributed by atoms with van der Waals surface area (Å²) in [6, 6.07) is 11.8. The van der Waals surface area contributed by atoms with Gasteiger partial charge < -0.3 is 23.7 Å². The van der Waals surface area contributed by atoms with Gasteiger partial charge in [0.15, 0.2) is 22.9 Å². The maximum atomic E-state index is 14.1. The molecule has 0 saturated carbocycles. The van der Waals surface area contributed by atoms with Crippen molar-refractivity contribution in [3.8, 4) is 23.0 Å². The molecule has 17 heteroatoms. The number of carbonyl (C=O) groups excluding carboxylic acids is 2. The zero-order chi connectivity index (χ0) is 37.7.